The van der Waals surface area contributed by atoms with Gasteiger partial charge in [-0.3, -0.25) is 0 Å². The molecule has 0 aliphatic rings. The van der Waals surface area contributed by atoms with Gasteiger partial charge in [-0.1, -0.05) is 11.8 Å². The van der Waals surface area contributed by atoms with Crippen LogP contribution >= 0.6 is 22.4 Å². The molecule has 0 bridgehead atoms. The molecule has 1 aromatic rings. The predicted molar refractivity (Wildman–Crippen MR) is 61.9 cm³/mol. The maximum Gasteiger partial charge on any atom is 0.233 e. The molecule has 0 aliphatic carbocycles. The van der Waals surface area contributed by atoms with E-state index in [0.717, 1.165) is 11.4 Å². The second-order valence-corrected chi connectivity index (χ2v) is 6.98. The fraction of sp³-hybridized carbons (Fsp3) is 0.500. The van der Waals surface area contributed by atoms with E-state index < -0.39 is 9.05 Å². The topological polar surface area (TPSA) is 59.9 Å². The van der Waals surface area contributed by atoms with Crippen molar-refractivity contribution in [2.45, 2.75) is 19.0 Å². The number of hydrogen-bond donors (Lipinski definition) is 0. The molecule has 0 atom stereocenters. The largest absolute Gasteiger partial charge is 0.233 e. The van der Waals surface area contributed by atoms with Gasteiger partial charge in [0.15, 0.2) is 5.16 Å². The van der Waals surface area contributed by atoms with E-state index in [-0.39, 0.29) is 5.75 Å². The minimum absolute atomic E-state index is 0.0738. The van der Waals surface area contributed by atoms with Crippen molar-refractivity contribution in [1.82, 2.24) is 9.97 Å². The number of thioether (sulfide) groups is 1. The molecule has 0 aromatic carbocycles. The minimum Gasteiger partial charge on any atom is -0.228 e. The Morgan fingerprint density at radius 3 is 2.33 bits per heavy atom. The van der Waals surface area contributed by atoms with Gasteiger partial charge in [-0.25, -0.2) is 18.4 Å². The lowest BCUT2D eigenvalue weighted by Gasteiger charge is -2.01. The molecular weight excluding hydrogens is 256 g/mol. The van der Waals surface area contributed by atoms with Crippen molar-refractivity contribution < 1.29 is 8.42 Å². The molecule has 0 fully saturated rings. The third-order valence-electron chi connectivity index (χ3n) is 1.52. The first kappa shape index (κ1) is 12.7. The lowest BCUT2D eigenvalue weighted by atomic mass is 10.4. The van der Waals surface area contributed by atoms with E-state index in [1.165, 1.54) is 11.8 Å². The highest BCUT2D eigenvalue weighted by atomic mass is 35.7. The Labute approximate surface area is 97.9 Å². The molecule has 0 saturated heterocycles. The predicted octanol–water partition coefficient (Wildman–Crippen LogP) is 1.75. The van der Waals surface area contributed by atoms with Gasteiger partial charge in [0.25, 0.3) is 0 Å². The van der Waals surface area contributed by atoms with Crippen LogP contribution in [0.4, 0.5) is 0 Å². The zero-order chi connectivity index (χ0) is 11.5. The van der Waals surface area contributed by atoms with Crippen molar-refractivity contribution in [2.24, 2.45) is 0 Å². The molecule has 1 rings (SSSR count). The van der Waals surface area contributed by atoms with Crippen LogP contribution < -0.4 is 0 Å². The number of halogens is 1. The summed E-state index contributed by atoms with van der Waals surface area (Å²) < 4.78 is 21.3. The van der Waals surface area contributed by atoms with Crippen molar-refractivity contribution in [3.8, 4) is 0 Å². The molecule has 15 heavy (non-hydrogen) atoms. The highest BCUT2D eigenvalue weighted by molar-refractivity contribution is 8.14. The Balaban J connectivity index is 2.58. The summed E-state index contributed by atoms with van der Waals surface area (Å²) >= 11 is 1.29. The van der Waals surface area contributed by atoms with Gasteiger partial charge in [-0.15, -0.1) is 0 Å². The zero-order valence-electron chi connectivity index (χ0n) is 8.40. The van der Waals surface area contributed by atoms with E-state index in [1.54, 1.807) is 0 Å². The van der Waals surface area contributed by atoms with Gasteiger partial charge in [-0.05, 0) is 19.9 Å². The molecule has 0 spiro atoms. The summed E-state index contributed by atoms with van der Waals surface area (Å²) in [6.45, 7) is 3.74. The quantitative estimate of drug-likeness (QED) is 0.472. The number of nitrogens with zero attached hydrogens (tertiary/aromatic N) is 2. The fourth-order valence-electron chi connectivity index (χ4n) is 0.991. The molecule has 1 heterocycles. The van der Waals surface area contributed by atoms with Crippen LogP contribution in [-0.4, -0.2) is 29.9 Å². The van der Waals surface area contributed by atoms with E-state index in [4.69, 9.17) is 10.7 Å². The first-order valence-corrected chi connectivity index (χ1v) is 7.70. The first-order valence-electron chi connectivity index (χ1n) is 4.24. The smallest absolute Gasteiger partial charge is 0.228 e. The number of aromatic nitrogens is 2. The normalized spacial score (nSPS) is 11.7. The summed E-state index contributed by atoms with van der Waals surface area (Å²) in [5, 5.41) is 0.591. The van der Waals surface area contributed by atoms with E-state index in [1.807, 2.05) is 19.9 Å². The van der Waals surface area contributed by atoms with Crippen LogP contribution in [0.25, 0.3) is 0 Å². The maximum absolute atomic E-state index is 10.7. The second-order valence-electron chi connectivity index (χ2n) is 3.02. The molecule has 1 aromatic heterocycles. The van der Waals surface area contributed by atoms with E-state index in [2.05, 4.69) is 9.97 Å². The van der Waals surface area contributed by atoms with Gasteiger partial charge in [-0.2, -0.15) is 0 Å². The van der Waals surface area contributed by atoms with E-state index in [9.17, 15) is 8.42 Å². The van der Waals surface area contributed by atoms with Crippen molar-refractivity contribution in [3.63, 3.8) is 0 Å². The van der Waals surface area contributed by atoms with Crippen LogP contribution in [0.1, 0.15) is 11.4 Å². The van der Waals surface area contributed by atoms with Gasteiger partial charge in [0, 0.05) is 27.8 Å². The van der Waals surface area contributed by atoms with Crippen molar-refractivity contribution in [3.05, 3.63) is 17.5 Å². The molecular formula is C8H11ClN2O2S2. The van der Waals surface area contributed by atoms with E-state index >= 15 is 0 Å². The van der Waals surface area contributed by atoms with Crippen LogP contribution in [0.3, 0.4) is 0 Å². The summed E-state index contributed by atoms with van der Waals surface area (Å²) in [5.74, 6) is 0.296. The molecule has 4 nitrogen and oxygen atoms in total. The minimum atomic E-state index is -3.42. The summed E-state index contributed by atoms with van der Waals surface area (Å²) in [6, 6.07) is 1.86. The van der Waals surface area contributed by atoms with Gasteiger partial charge in [0.1, 0.15) is 0 Å². The van der Waals surface area contributed by atoms with Crippen LogP contribution in [0.15, 0.2) is 11.2 Å². The highest BCUT2D eigenvalue weighted by Gasteiger charge is 2.06. The number of aryl methyl sites for hydroxylation is 2. The Morgan fingerprint density at radius 2 is 1.87 bits per heavy atom. The van der Waals surface area contributed by atoms with Gasteiger partial charge >= 0.3 is 0 Å². The molecule has 0 aliphatic heterocycles. The van der Waals surface area contributed by atoms with Gasteiger partial charge < -0.3 is 0 Å². The standard InChI is InChI=1S/C8H11ClN2O2S2/c1-6-5-7(2)11-8(10-6)14-3-4-15(9,12)13/h5H,3-4H2,1-2H3. The maximum atomic E-state index is 10.7. The van der Waals surface area contributed by atoms with Gasteiger partial charge in [0.05, 0.1) is 5.75 Å². The van der Waals surface area contributed by atoms with Gasteiger partial charge in [0.2, 0.25) is 9.05 Å². The van der Waals surface area contributed by atoms with Crippen LogP contribution in [0, 0.1) is 13.8 Å². The molecule has 0 amide bonds. The monoisotopic (exact) mass is 266 g/mol. The fourth-order valence-corrected chi connectivity index (χ4v) is 3.29. The molecule has 0 radical (unpaired) electrons. The third-order valence-corrected chi connectivity index (χ3v) is 3.78. The Morgan fingerprint density at radius 1 is 1.33 bits per heavy atom. The molecule has 7 heteroatoms. The Kier molecular flexibility index (Phi) is 4.36. The van der Waals surface area contributed by atoms with Crippen molar-refractivity contribution in [2.75, 3.05) is 11.5 Å². The first-order chi connectivity index (χ1) is 6.87. The zero-order valence-corrected chi connectivity index (χ0v) is 10.8. The lowest BCUT2D eigenvalue weighted by Crippen LogP contribution is -2.01. The Hall–Kier alpha value is -0.330. The van der Waals surface area contributed by atoms with Crippen LogP contribution in [0.2, 0.25) is 0 Å². The highest BCUT2D eigenvalue weighted by Crippen LogP contribution is 2.15. The summed E-state index contributed by atoms with van der Waals surface area (Å²) in [6.07, 6.45) is 0. The van der Waals surface area contributed by atoms with Crippen molar-refractivity contribution in [1.29, 1.82) is 0 Å². The van der Waals surface area contributed by atoms with Crippen LogP contribution in [0.5, 0.6) is 0 Å². The third kappa shape index (κ3) is 5.34. The molecule has 84 valence electrons. The second kappa shape index (κ2) is 5.14. The number of rotatable bonds is 4. The average Bonchev–Trinajstić information content (AvgIpc) is 1.99. The average molecular weight is 267 g/mol. The Bertz CT molecular complexity index is 428. The molecule has 0 N–H and O–H groups in total. The SMILES string of the molecule is Cc1cc(C)nc(SCCS(=O)(=O)Cl)n1. The van der Waals surface area contributed by atoms with Crippen molar-refractivity contribution >= 4 is 31.5 Å². The van der Waals surface area contributed by atoms with E-state index in [0.29, 0.717) is 10.9 Å². The molecule has 0 saturated carbocycles. The molecule has 0 unspecified atom stereocenters. The lowest BCUT2D eigenvalue weighted by molar-refractivity contribution is 0.611. The number of hydrogen-bond acceptors (Lipinski definition) is 5. The summed E-state index contributed by atoms with van der Waals surface area (Å²) in [5.41, 5.74) is 1.75. The van der Waals surface area contributed by atoms with Crippen LogP contribution in [-0.2, 0) is 9.05 Å². The summed E-state index contributed by atoms with van der Waals surface area (Å²) in [4.78, 5) is 8.34. The summed E-state index contributed by atoms with van der Waals surface area (Å²) in [7, 11) is 1.66.